The first kappa shape index (κ1) is 16.8. The Morgan fingerprint density at radius 1 is 1.50 bits per heavy atom. The molecule has 10 heavy (non-hydrogen) atoms. The van der Waals surface area contributed by atoms with Crippen molar-refractivity contribution in [2.45, 2.75) is 20.3 Å². The van der Waals surface area contributed by atoms with Gasteiger partial charge in [0.05, 0.1) is 6.61 Å². The quantitative estimate of drug-likeness (QED) is 0.458. The Morgan fingerprint density at radius 3 is 2.30 bits per heavy atom. The Morgan fingerprint density at radius 2 is 2.00 bits per heavy atom. The van der Waals surface area contributed by atoms with E-state index in [0.29, 0.717) is 6.61 Å². The van der Waals surface area contributed by atoms with Gasteiger partial charge in [0, 0.05) is 25.6 Å². The molecule has 0 N–H and O–H groups in total. The molecular formula is C6H11BrO2Zn-. The van der Waals surface area contributed by atoms with Crippen molar-refractivity contribution < 1.29 is 46.3 Å². The minimum Gasteiger partial charge on any atom is -1.00 e. The number of allylic oxidation sites excluding steroid dienone is 1. The first-order valence-electron chi connectivity index (χ1n) is 2.81. The molecule has 0 bridgehead atoms. The minimum atomic E-state index is -0.213. The summed E-state index contributed by atoms with van der Waals surface area (Å²) in [5, 5.41) is 10.4. The third-order valence-corrected chi connectivity index (χ3v) is 0.657. The molecule has 0 aromatic rings. The molecular weight excluding hydrogens is 249 g/mol. The number of hydrogen-bond donors (Lipinski definition) is 0. The molecule has 4 heteroatoms. The Hall–Kier alpha value is 0.443. The number of ether oxygens (including phenoxy) is 1. The molecule has 0 atom stereocenters. The van der Waals surface area contributed by atoms with Crippen molar-refractivity contribution in [1.82, 2.24) is 0 Å². The monoisotopic (exact) mass is 258 g/mol. The molecule has 0 unspecified atom stereocenters. The summed E-state index contributed by atoms with van der Waals surface area (Å²) in [4.78, 5) is 0. The summed E-state index contributed by atoms with van der Waals surface area (Å²) in [6.07, 6.45) is 2.27. The molecule has 2 nitrogen and oxygen atoms in total. The molecule has 0 rings (SSSR count). The second kappa shape index (κ2) is 12.2. The molecule has 0 saturated carbocycles. The van der Waals surface area contributed by atoms with Gasteiger partial charge in [0.2, 0.25) is 0 Å². The zero-order chi connectivity index (χ0) is 6.41. The van der Waals surface area contributed by atoms with Crippen molar-refractivity contribution in [2.75, 3.05) is 6.61 Å². The molecule has 0 aliphatic carbocycles. The van der Waals surface area contributed by atoms with E-state index in [-0.39, 0.29) is 42.4 Å². The van der Waals surface area contributed by atoms with Crippen LogP contribution in [0, 0.1) is 0 Å². The number of halogens is 1. The van der Waals surface area contributed by atoms with Gasteiger partial charge in [0.25, 0.3) is 0 Å². The predicted octanol–water partition coefficient (Wildman–Crippen LogP) is -1.29. The molecule has 0 heterocycles. The molecule has 0 fully saturated rings. The van der Waals surface area contributed by atoms with Gasteiger partial charge in [-0.1, -0.05) is 6.92 Å². The third-order valence-electron chi connectivity index (χ3n) is 0.657. The van der Waals surface area contributed by atoms with Crippen LogP contribution in [0.3, 0.4) is 0 Å². The molecule has 57 valence electrons. The van der Waals surface area contributed by atoms with Crippen LogP contribution in [0.5, 0.6) is 0 Å². The minimum absolute atomic E-state index is 0. The average molecular weight is 260 g/mol. The zero-order valence-electron chi connectivity index (χ0n) is 6.39. The van der Waals surface area contributed by atoms with Crippen LogP contribution in [-0.4, -0.2) is 6.61 Å². The van der Waals surface area contributed by atoms with Crippen LogP contribution in [0.1, 0.15) is 20.3 Å². The maximum absolute atomic E-state index is 10.4. The van der Waals surface area contributed by atoms with E-state index in [9.17, 15) is 5.11 Å². The van der Waals surface area contributed by atoms with Gasteiger partial charge in [-0.25, -0.2) is 5.11 Å². The van der Waals surface area contributed by atoms with E-state index in [2.05, 4.69) is 4.74 Å². The normalized spacial score (nSPS) is 9.20. The van der Waals surface area contributed by atoms with Gasteiger partial charge in [0.15, 0.2) is 0 Å². The summed E-state index contributed by atoms with van der Waals surface area (Å²) in [5.41, 5.74) is 0. The van der Waals surface area contributed by atoms with Gasteiger partial charge in [-0.2, -0.15) is 0 Å². The third kappa shape index (κ3) is 11.3. The standard InChI is InChI=1S/C6H11O2.BrH.Zn/c1-3-5-6(7)8-4-2;;/h5H,3-4H2,1-2H3;1H;/p-1. The van der Waals surface area contributed by atoms with Crippen LogP contribution >= 0.6 is 0 Å². The second-order valence-electron chi connectivity index (χ2n) is 1.36. The van der Waals surface area contributed by atoms with Crippen LogP contribution in [0.15, 0.2) is 12.0 Å². The predicted molar refractivity (Wildman–Crippen MR) is 30.7 cm³/mol. The number of hydrogen-bond acceptors (Lipinski definition) is 1. The smallest absolute Gasteiger partial charge is 0.326 e. The van der Waals surface area contributed by atoms with Gasteiger partial charge < -0.3 is 21.7 Å². The summed E-state index contributed by atoms with van der Waals surface area (Å²) < 4.78 is 4.59. The molecule has 0 amide bonds. The molecule has 0 aromatic carbocycles. The van der Waals surface area contributed by atoms with Crippen molar-refractivity contribution in [1.29, 1.82) is 0 Å². The maximum atomic E-state index is 10.4. The van der Waals surface area contributed by atoms with E-state index in [1.54, 1.807) is 6.92 Å². The molecule has 0 aliphatic heterocycles. The van der Waals surface area contributed by atoms with Gasteiger partial charge in [0.1, 0.15) is 0 Å². The van der Waals surface area contributed by atoms with Crippen LogP contribution in [0.25, 0.3) is 0 Å². The maximum Gasteiger partial charge on any atom is 0.326 e. The summed E-state index contributed by atoms with van der Waals surface area (Å²) in [7, 11) is 0. The Kier molecular flexibility index (Phi) is 20.4. The van der Waals surface area contributed by atoms with Crippen LogP contribution < -0.4 is 17.0 Å². The summed E-state index contributed by atoms with van der Waals surface area (Å²) >= 11 is 0. The topological polar surface area (TPSA) is 29.1 Å². The fraction of sp³-hybridized carbons (Fsp3) is 0.667. The van der Waals surface area contributed by atoms with E-state index in [4.69, 9.17) is 0 Å². The van der Waals surface area contributed by atoms with Crippen LogP contribution in [0.2, 0.25) is 0 Å². The van der Waals surface area contributed by atoms with Crippen LogP contribution in [0.4, 0.5) is 0 Å². The Bertz CT molecular complexity index is 85.8. The van der Waals surface area contributed by atoms with E-state index < -0.39 is 0 Å². The van der Waals surface area contributed by atoms with Gasteiger partial charge >= 0.3 is 5.95 Å². The van der Waals surface area contributed by atoms with Crippen molar-refractivity contribution in [2.24, 2.45) is 0 Å². The summed E-state index contributed by atoms with van der Waals surface area (Å²) in [6.45, 7) is 4.16. The molecule has 0 aromatic heterocycles. The molecule has 0 aliphatic rings. The van der Waals surface area contributed by atoms with Crippen molar-refractivity contribution >= 4 is 0 Å². The fourth-order valence-electron chi connectivity index (χ4n) is 0.368. The van der Waals surface area contributed by atoms with E-state index >= 15 is 0 Å². The van der Waals surface area contributed by atoms with Crippen molar-refractivity contribution in [3.05, 3.63) is 12.0 Å². The van der Waals surface area contributed by atoms with E-state index in [1.165, 1.54) is 6.08 Å². The van der Waals surface area contributed by atoms with E-state index in [1.807, 2.05) is 6.92 Å². The Balaban J connectivity index is -0.000000245. The van der Waals surface area contributed by atoms with Crippen LogP contribution in [-0.2, 0) is 29.3 Å². The SMILES string of the molecule is CCC=C([O])OCC.[Br-].[Zn]. The second-order valence-corrected chi connectivity index (χ2v) is 1.36. The Labute approximate surface area is 85.2 Å². The van der Waals surface area contributed by atoms with Crippen molar-refractivity contribution in [3.63, 3.8) is 0 Å². The van der Waals surface area contributed by atoms with E-state index in [0.717, 1.165) is 6.42 Å². The summed E-state index contributed by atoms with van der Waals surface area (Å²) in [5.74, 6) is -0.213. The average Bonchev–Trinajstić information content (AvgIpc) is 1.68. The largest absolute Gasteiger partial charge is 1.00 e. The molecule has 0 saturated heterocycles. The molecule has 1 radical (unpaired) electrons. The fourth-order valence-corrected chi connectivity index (χ4v) is 0.368. The number of rotatable bonds is 3. The van der Waals surface area contributed by atoms with Gasteiger partial charge in [-0.3, -0.25) is 0 Å². The van der Waals surface area contributed by atoms with Gasteiger partial charge in [-0.05, 0) is 13.3 Å². The first-order chi connectivity index (χ1) is 3.81. The molecule has 0 spiro atoms. The van der Waals surface area contributed by atoms with Gasteiger partial charge in [-0.15, -0.1) is 0 Å². The zero-order valence-corrected chi connectivity index (χ0v) is 10.9. The van der Waals surface area contributed by atoms with Crippen molar-refractivity contribution in [3.8, 4) is 0 Å². The summed E-state index contributed by atoms with van der Waals surface area (Å²) in [6, 6.07) is 0. The first-order valence-corrected chi connectivity index (χ1v) is 2.81.